The summed E-state index contributed by atoms with van der Waals surface area (Å²) >= 11 is 0.594. The van der Waals surface area contributed by atoms with Crippen molar-refractivity contribution in [1.29, 1.82) is 0 Å². The van der Waals surface area contributed by atoms with Crippen LogP contribution in [0.25, 0.3) is 0 Å². The van der Waals surface area contributed by atoms with Crippen LogP contribution in [0.3, 0.4) is 0 Å². The van der Waals surface area contributed by atoms with Crippen molar-refractivity contribution in [3.05, 3.63) is 0 Å². The zero-order valence-electron chi connectivity index (χ0n) is 16.6. The van der Waals surface area contributed by atoms with Gasteiger partial charge < -0.3 is 33.5 Å². The molecule has 2 unspecified atom stereocenters. The molecule has 28 heavy (non-hydrogen) atoms. The molecule has 0 amide bonds. The van der Waals surface area contributed by atoms with Gasteiger partial charge in [0.2, 0.25) is 0 Å². The Morgan fingerprint density at radius 2 is 1.89 bits per heavy atom. The van der Waals surface area contributed by atoms with Crippen LogP contribution in [0.4, 0.5) is 0 Å². The highest BCUT2D eigenvalue weighted by atomic mass is 32.7. The van der Waals surface area contributed by atoms with E-state index in [0.717, 1.165) is 0 Å². The number of rotatable bonds is 10. The molecule has 12 heteroatoms. The molecule has 0 bridgehead atoms. The lowest BCUT2D eigenvalue weighted by molar-refractivity contribution is -0.196. The van der Waals surface area contributed by atoms with E-state index < -0.39 is 49.3 Å². The summed E-state index contributed by atoms with van der Waals surface area (Å²) in [6, 6.07) is -1.54. The van der Waals surface area contributed by atoms with Gasteiger partial charge in [-0.1, -0.05) is 11.4 Å². The Morgan fingerprint density at radius 3 is 2.50 bits per heavy atom. The quantitative estimate of drug-likeness (QED) is 0.386. The van der Waals surface area contributed by atoms with Crippen molar-refractivity contribution in [2.75, 3.05) is 12.4 Å². The minimum absolute atomic E-state index is 0.00964. The molecule has 2 fully saturated rings. The van der Waals surface area contributed by atoms with Crippen LogP contribution in [0, 0.1) is 0 Å². The van der Waals surface area contributed by atoms with Crippen molar-refractivity contribution in [3.8, 4) is 0 Å². The van der Waals surface area contributed by atoms with Crippen LogP contribution in [0.15, 0.2) is 0 Å². The first-order valence-corrected chi connectivity index (χ1v) is 12.5. The van der Waals surface area contributed by atoms with Crippen molar-refractivity contribution in [3.63, 3.8) is 0 Å². The van der Waals surface area contributed by atoms with Crippen LogP contribution >= 0.6 is 18.2 Å². The number of ether oxygens (including phenoxy) is 4. The molecule has 4 radical (unpaired) electrons. The van der Waals surface area contributed by atoms with E-state index in [2.05, 4.69) is 0 Å². The largest absolute Gasteiger partial charge is 0.770 e. The summed E-state index contributed by atoms with van der Waals surface area (Å²) in [5, 5.41) is 10.1. The third kappa shape index (κ3) is 7.29. The van der Waals surface area contributed by atoms with Crippen molar-refractivity contribution >= 4 is 33.9 Å². The molecule has 0 aromatic carbocycles. The fraction of sp³-hybridized carbons (Fsp3) is 1.00. The van der Waals surface area contributed by atoms with Crippen molar-refractivity contribution in [1.82, 2.24) is 0 Å². The van der Waals surface area contributed by atoms with Gasteiger partial charge in [0.05, 0.1) is 31.0 Å². The minimum atomic E-state index is -4.29. The average molecular weight is 433 g/mol. The average Bonchev–Trinajstić information content (AvgIpc) is 3.04. The maximum absolute atomic E-state index is 12.5. The summed E-state index contributed by atoms with van der Waals surface area (Å²) in [6.07, 6.45) is -3.64. The Balaban J connectivity index is 1.90. The Labute approximate surface area is 173 Å². The van der Waals surface area contributed by atoms with Crippen LogP contribution in [0.1, 0.15) is 34.1 Å². The molecular formula is C16H28B2O8PS-. The van der Waals surface area contributed by atoms with Gasteiger partial charge in [-0.25, -0.2) is 0 Å². The second kappa shape index (κ2) is 10.6. The third-order valence-corrected chi connectivity index (χ3v) is 7.26. The molecule has 0 aliphatic carbocycles. The molecule has 0 aromatic heterocycles. The maximum Gasteiger partial charge on any atom is 0.192 e. The fourth-order valence-electron chi connectivity index (χ4n) is 3.04. The van der Waals surface area contributed by atoms with Crippen LogP contribution < -0.4 is 4.89 Å². The van der Waals surface area contributed by atoms with Gasteiger partial charge in [-0.15, -0.1) is 0 Å². The highest BCUT2D eigenvalue weighted by Crippen LogP contribution is 2.54. The molecule has 2 aliphatic rings. The van der Waals surface area contributed by atoms with Gasteiger partial charge in [-0.2, -0.15) is 0 Å². The van der Waals surface area contributed by atoms with Crippen LogP contribution in [0.2, 0.25) is 0 Å². The third-order valence-electron chi connectivity index (χ3n) is 4.28. The minimum Gasteiger partial charge on any atom is -0.770 e. The first-order valence-electron chi connectivity index (χ1n) is 9.39. The standard InChI is InChI=1S/C16H29B2O8PS/c1-8(2)22-6-11-10(5-13(17)24-11)26-27(20,21)28-7-12-15(23-9(3)4)14(19)16(18)25-12/h8-16,19H,5-7H2,1-4H3,(H,20,21)/p-1/t10-,11-,12-,13-,14?,15+,16-/m1/s1. The van der Waals surface area contributed by atoms with Crippen molar-refractivity contribution in [2.45, 2.75) is 88.9 Å². The zero-order chi connectivity index (χ0) is 21.1. The summed E-state index contributed by atoms with van der Waals surface area (Å²) in [5.74, 6) is 0.00964. The Hall–Kier alpha value is 0.430. The summed E-state index contributed by atoms with van der Waals surface area (Å²) in [7, 11) is 11.5. The lowest BCUT2D eigenvalue weighted by Crippen LogP contribution is -2.38. The van der Waals surface area contributed by atoms with Crippen LogP contribution in [-0.2, 0) is 28.0 Å². The summed E-state index contributed by atoms with van der Waals surface area (Å²) < 4.78 is 39.9. The molecule has 2 heterocycles. The maximum atomic E-state index is 12.5. The molecule has 2 aliphatic heterocycles. The molecule has 2 saturated heterocycles. The van der Waals surface area contributed by atoms with Gasteiger partial charge in [0.1, 0.15) is 34.0 Å². The van der Waals surface area contributed by atoms with E-state index in [4.69, 9.17) is 39.2 Å². The van der Waals surface area contributed by atoms with Crippen LogP contribution in [0.5, 0.6) is 0 Å². The number of aliphatic hydroxyl groups is 1. The van der Waals surface area contributed by atoms with Crippen molar-refractivity contribution in [2.24, 2.45) is 0 Å². The Morgan fingerprint density at radius 1 is 1.21 bits per heavy atom. The normalized spacial score (nSPS) is 38.4. The van der Waals surface area contributed by atoms with E-state index in [1.807, 2.05) is 27.7 Å². The SMILES string of the molecule is [B][C@@H]1O[C@H](CSP(=O)([O-])O[C@@H]2C[C@H]([B])O[C@@H]2COC(C)C)[C@H](OC(C)C)C1O. The van der Waals surface area contributed by atoms with E-state index in [1.165, 1.54) is 0 Å². The molecule has 8 atom stereocenters. The van der Waals surface area contributed by atoms with E-state index >= 15 is 0 Å². The highest BCUT2D eigenvalue weighted by Gasteiger charge is 2.43. The molecule has 158 valence electrons. The topological polar surface area (TPSA) is 107 Å². The molecule has 0 saturated carbocycles. The van der Waals surface area contributed by atoms with Gasteiger partial charge >= 0.3 is 0 Å². The summed E-state index contributed by atoms with van der Waals surface area (Å²) in [5.41, 5.74) is 0. The van der Waals surface area contributed by atoms with E-state index in [-0.39, 0.29) is 31.0 Å². The predicted octanol–water partition coefficient (Wildman–Crippen LogP) is 0.330. The summed E-state index contributed by atoms with van der Waals surface area (Å²) in [4.78, 5) is 12.5. The Kier molecular flexibility index (Phi) is 9.39. The second-order valence-electron chi connectivity index (χ2n) is 7.50. The molecule has 0 spiro atoms. The number of hydrogen-bond donors (Lipinski definition) is 1. The molecule has 2 rings (SSSR count). The smallest absolute Gasteiger partial charge is 0.192 e. The zero-order valence-corrected chi connectivity index (χ0v) is 18.3. The lowest BCUT2D eigenvalue weighted by atomic mass is 9.93. The van der Waals surface area contributed by atoms with Crippen LogP contribution in [-0.4, -0.2) is 87.9 Å². The monoisotopic (exact) mass is 433 g/mol. The molecule has 8 nitrogen and oxygen atoms in total. The van der Waals surface area contributed by atoms with E-state index in [0.29, 0.717) is 11.4 Å². The molecule has 0 aromatic rings. The van der Waals surface area contributed by atoms with Gasteiger partial charge in [0.25, 0.3) is 0 Å². The highest BCUT2D eigenvalue weighted by molar-refractivity contribution is 8.54. The van der Waals surface area contributed by atoms with Gasteiger partial charge in [0.15, 0.2) is 6.80 Å². The second-order valence-corrected chi connectivity index (χ2v) is 11.3. The first kappa shape index (κ1) is 24.7. The Bertz CT molecular complexity index is 543. The van der Waals surface area contributed by atoms with Gasteiger partial charge in [-0.3, -0.25) is 4.57 Å². The van der Waals surface area contributed by atoms with E-state index in [1.54, 1.807) is 0 Å². The lowest BCUT2D eigenvalue weighted by Gasteiger charge is -2.30. The fourth-order valence-corrected chi connectivity index (χ4v) is 5.75. The summed E-state index contributed by atoms with van der Waals surface area (Å²) in [6.45, 7) is 3.27. The van der Waals surface area contributed by atoms with Crippen molar-refractivity contribution < 1.29 is 38.0 Å². The predicted molar refractivity (Wildman–Crippen MR) is 105 cm³/mol. The molecular weight excluding hydrogens is 405 g/mol. The van der Waals surface area contributed by atoms with Gasteiger partial charge in [-0.05, 0) is 34.1 Å². The number of hydrogen-bond acceptors (Lipinski definition) is 9. The van der Waals surface area contributed by atoms with E-state index in [9.17, 15) is 14.6 Å². The molecule has 1 N–H and O–H groups in total. The first-order chi connectivity index (χ1) is 13.0. The number of aliphatic hydroxyl groups excluding tert-OH is 1. The van der Waals surface area contributed by atoms with Gasteiger partial charge in [0, 0.05) is 17.8 Å².